The number of rotatable bonds is 4. The summed E-state index contributed by atoms with van der Waals surface area (Å²) in [5.41, 5.74) is 3.41. The minimum Gasteiger partial charge on any atom is -0.481 e. The van der Waals surface area contributed by atoms with Crippen LogP contribution in [0.4, 0.5) is 0 Å². The predicted molar refractivity (Wildman–Crippen MR) is 74.0 cm³/mol. The van der Waals surface area contributed by atoms with Gasteiger partial charge in [0, 0.05) is 6.04 Å². The van der Waals surface area contributed by atoms with Crippen LogP contribution in [0.1, 0.15) is 37.5 Å². The zero-order chi connectivity index (χ0) is 13.9. The molecule has 3 nitrogen and oxygen atoms in total. The Bertz CT molecular complexity index is 438. The summed E-state index contributed by atoms with van der Waals surface area (Å²) in [6.45, 7) is 11.7. The van der Waals surface area contributed by atoms with Gasteiger partial charge in [0.25, 0.3) is 5.91 Å². The van der Waals surface area contributed by atoms with Crippen LogP contribution in [0.5, 0.6) is 5.75 Å². The number of benzene rings is 1. The number of hydrogen-bond acceptors (Lipinski definition) is 2. The zero-order valence-corrected chi connectivity index (χ0v) is 12.1. The van der Waals surface area contributed by atoms with E-state index < -0.39 is 6.10 Å². The summed E-state index contributed by atoms with van der Waals surface area (Å²) < 4.78 is 5.76. The molecule has 0 bridgehead atoms. The Balaban J connectivity index is 2.81. The van der Waals surface area contributed by atoms with Crippen molar-refractivity contribution in [3.8, 4) is 5.75 Å². The van der Waals surface area contributed by atoms with Gasteiger partial charge in [-0.1, -0.05) is 6.07 Å². The van der Waals surface area contributed by atoms with Crippen molar-refractivity contribution in [2.45, 2.75) is 53.7 Å². The van der Waals surface area contributed by atoms with Gasteiger partial charge in [-0.3, -0.25) is 4.79 Å². The van der Waals surface area contributed by atoms with Crippen molar-refractivity contribution in [3.05, 3.63) is 28.8 Å². The van der Waals surface area contributed by atoms with Crippen LogP contribution in [-0.4, -0.2) is 18.1 Å². The van der Waals surface area contributed by atoms with Crippen LogP contribution in [-0.2, 0) is 4.79 Å². The molecule has 3 heteroatoms. The van der Waals surface area contributed by atoms with Crippen molar-refractivity contribution in [2.24, 2.45) is 0 Å². The van der Waals surface area contributed by atoms with Gasteiger partial charge in [0.15, 0.2) is 6.10 Å². The van der Waals surface area contributed by atoms with E-state index in [4.69, 9.17) is 4.74 Å². The summed E-state index contributed by atoms with van der Waals surface area (Å²) in [6.07, 6.45) is -0.479. The highest BCUT2D eigenvalue weighted by Gasteiger charge is 2.16. The standard InChI is InChI=1S/C15H23NO2/c1-9(2)16-15(17)13(6)18-14-8-10(3)7-11(4)12(14)5/h7-9,13H,1-6H3,(H,16,17)/t13-/m0/s1. The van der Waals surface area contributed by atoms with Crippen LogP contribution in [0.25, 0.3) is 0 Å². The van der Waals surface area contributed by atoms with Crippen LogP contribution in [0.3, 0.4) is 0 Å². The molecule has 0 heterocycles. The third kappa shape index (κ3) is 3.76. The van der Waals surface area contributed by atoms with Crippen molar-refractivity contribution in [2.75, 3.05) is 0 Å². The third-order valence-corrected chi connectivity index (χ3v) is 2.87. The van der Waals surface area contributed by atoms with Crippen molar-refractivity contribution in [1.82, 2.24) is 5.32 Å². The molecule has 18 heavy (non-hydrogen) atoms. The molecule has 1 atom stereocenters. The number of nitrogens with one attached hydrogen (secondary N) is 1. The highest BCUT2D eigenvalue weighted by atomic mass is 16.5. The van der Waals surface area contributed by atoms with Crippen molar-refractivity contribution < 1.29 is 9.53 Å². The lowest BCUT2D eigenvalue weighted by molar-refractivity contribution is -0.127. The zero-order valence-electron chi connectivity index (χ0n) is 12.1. The Kier molecular flexibility index (Phi) is 4.76. The number of carbonyl (C=O) groups excluding carboxylic acids is 1. The van der Waals surface area contributed by atoms with E-state index in [-0.39, 0.29) is 11.9 Å². The minimum absolute atomic E-state index is 0.0800. The molecule has 1 N–H and O–H groups in total. The normalized spacial score (nSPS) is 12.4. The molecule has 1 amide bonds. The van der Waals surface area contributed by atoms with Crippen LogP contribution >= 0.6 is 0 Å². The second-order valence-corrected chi connectivity index (χ2v) is 5.13. The Labute approximate surface area is 110 Å². The maximum atomic E-state index is 11.8. The Morgan fingerprint density at radius 3 is 2.33 bits per heavy atom. The Hall–Kier alpha value is -1.51. The van der Waals surface area contributed by atoms with Gasteiger partial charge in [-0.15, -0.1) is 0 Å². The molecule has 1 rings (SSSR count). The first-order chi connectivity index (χ1) is 8.31. The fourth-order valence-corrected chi connectivity index (χ4v) is 1.77. The first-order valence-corrected chi connectivity index (χ1v) is 6.36. The lowest BCUT2D eigenvalue weighted by Gasteiger charge is -2.19. The molecule has 0 unspecified atom stereocenters. The minimum atomic E-state index is -0.479. The third-order valence-electron chi connectivity index (χ3n) is 2.87. The average Bonchev–Trinajstić information content (AvgIpc) is 2.24. The van der Waals surface area contributed by atoms with Crippen LogP contribution in [0.15, 0.2) is 12.1 Å². The molecule has 0 aliphatic rings. The summed E-state index contributed by atoms with van der Waals surface area (Å²) >= 11 is 0. The largest absolute Gasteiger partial charge is 0.481 e. The monoisotopic (exact) mass is 249 g/mol. The van der Waals surface area contributed by atoms with E-state index in [9.17, 15) is 4.79 Å². The summed E-state index contributed by atoms with van der Waals surface area (Å²) in [5, 5.41) is 2.85. The number of aryl methyl sites for hydroxylation is 2. The summed E-state index contributed by atoms with van der Waals surface area (Å²) in [4.78, 5) is 11.8. The molecule has 0 saturated heterocycles. The highest BCUT2D eigenvalue weighted by Crippen LogP contribution is 2.24. The van der Waals surface area contributed by atoms with Crippen molar-refractivity contribution in [1.29, 1.82) is 0 Å². The fraction of sp³-hybridized carbons (Fsp3) is 0.533. The maximum absolute atomic E-state index is 11.8. The van der Waals surface area contributed by atoms with E-state index in [1.807, 2.05) is 40.7 Å². The molecule has 0 spiro atoms. The molecular formula is C15H23NO2. The summed E-state index contributed by atoms with van der Waals surface area (Å²) in [5.74, 6) is 0.711. The molecule has 0 saturated carbocycles. The second-order valence-electron chi connectivity index (χ2n) is 5.13. The molecule has 0 aromatic heterocycles. The second kappa shape index (κ2) is 5.89. The average molecular weight is 249 g/mol. The summed E-state index contributed by atoms with van der Waals surface area (Å²) in [7, 11) is 0. The fourth-order valence-electron chi connectivity index (χ4n) is 1.77. The Morgan fingerprint density at radius 2 is 1.78 bits per heavy atom. The van der Waals surface area contributed by atoms with Crippen LogP contribution < -0.4 is 10.1 Å². The molecular weight excluding hydrogens is 226 g/mol. The summed E-state index contributed by atoms with van der Waals surface area (Å²) in [6, 6.07) is 4.21. The lowest BCUT2D eigenvalue weighted by Crippen LogP contribution is -2.40. The molecule has 0 aliphatic heterocycles. The molecule has 1 aromatic rings. The van der Waals surface area contributed by atoms with E-state index in [0.29, 0.717) is 0 Å². The number of ether oxygens (including phenoxy) is 1. The van der Waals surface area contributed by atoms with Gasteiger partial charge in [-0.05, 0) is 64.3 Å². The Morgan fingerprint density at radius 1 is 1.17 bits per heavy atom. The van der Waals surface area contributed by atoms with E-state index >= 15 is 0 Å². The molecule has 0 aliphatic carbocycles. The van der Waals surface area contributed by atoms with Crippen LogP contribution in [0, 0.1) is 20.8 Å². The molecule has 100 valence electrons. The number of carbonyl (C=O) groups is 1. The van der Waals surface area contributed by atoms with Gasteiger partial charge < -0.3 is 10.1 Å². The molecule has 0 radical (unpaired) electrons. The van der Waals surface area contributed by atoms with Crippen LogP contribution in [0.2, 0.25) is 0 Å². The van der Waals surface area contributed by atoms with E-state index in [0.717, 1.165) is 16.9 Å². The highest BCUT2D eigenvalue weighted by molar-refractivity contribution is 5.81. The van der Waals surface area contributed by atoms with Crippen molar-refractivity contribution >= 4 is 5.91 Å². The van der Waals surface area contributed by atoms with Gasteiger partial charge in [-0.2, -0.15) is 0 Å². The maximum Gasteiger partial charge on any atom is 0.260 e. The number of hydrogen-bond donors (Lipinski definition) is 1. The van der Waals surface area contributed by atoms with Gasteiger partial charge >= 0.3 is 0 Å². The lowest BCUT2D eigenvalue weighted by atomic mass is 10.1. The quantitative estimate of drug-likeness (QED) is 0.891. The van der Waals surface area contributed by atoms with Gasteiger partial charge in [0.2, 0.25) is 0 Å². The topological polar surface area (TPSA) is 38.3 Å². The first kappa shape index (κ1) is 14.6. The van der Waals surface area contributed by atoms with E-state index in [1.165, 1.54) is 5.56 Å². The smallest absolute Gasteiger partial charge is 0.260 e. The van der Waals surface area contributed by atoms with Gasteiger partial charge in [0.05, 0.1) is 0 Å². The number of amides is 1. The molecule has 1 aromatic carbocycles. The molecule has 0 fully saturated rings. The van der Waals surface area contributed by atoms with Gasteiger partial charge in [-0.25, -0.2) is 0 Å². The SMILES string of the molecule is Cc1cc(C)c(C)c(O[C@@H](C)C(=O)NC(C)C)c1. The predicted octanol–water partition coefficient (Wildman–Crippen LogP) is 2.90. The van der Waals surface area contributed by atoms with Gasteiger partial charge in [0.1, 0.15) is 5.75 Å². The van der Waals surface area contributed by atoms with E-state index in [2.05, 4.69) is 11.4 Å². The first-order valence-electron chi connectivity index (χ1n) is 6.36. The van der Waals surface area contributed by atoms with E-state index in [1.54, 1.807) is 6.92 Å². The van der Waals surface area contributed by atoms with Crippen molar-refractivity contribution in [3.63, 3.8) is 0 Å².